The van der Waals surface area contributed by atoms with Crippen LogP contribution in [0.4, 0.5) is 0 Å². The number of aliphatic hydroxyl groups is 1. The first-order valence-corrected chi connectivity index (χ1v) is 9.00. The number of rotatable bonds is 1. The maximum atomic E-state index is 10.3. The van der Waals surface area contributed by atoms with Crippen molar-refractivity contribution in [1.29, 1.82) is 0 Å². The fourth-order valence-corrected chi connectivity index (χ4v) is 5.01. The van der Waals surface area contributed by atoms with Crippen molar-refractivity contribution in [2.75, 3.05) is 26.2 Å². The quantitative estimate of drug-likeness (QED) is 0.795. The molecule has 5 heteroatoms. The number of likely N-dealkylation sites (tertiary alicyclic amines) is 1. The van der Waals surface area contributed by atoms with Gasteiger partial charge in [0.25, 0.3) is 0 Å². The Hall–Kier alpha value is -0.320. The molecule has 0 radical (unpaired) electrons. The zero-order valence-electron chi connectivity index (χ0n) is 14.2. The molecule has 2 fully saturated rings. The Bertz CT molecular complexity index is 532. The number of piperidine rings is 2. The number of hydrogen-bond acceptors (Lipinski definition) is 3. The van der Waals surface area contributed by atoms with Crippen LogP contribution in [0.15, 0.2) is 24.3 Å². The number of fused-ring (bicyclic) bond motifs is 2. The van der Waals surface area contributed by atoms with Crippen LogP contribution < -0.4 is 5.32 Å². The molecule has 2 unspecified atom stereocenters. The van der Waals surface area contributed by atoms with Crippen molar-refractivity contribution >= 4 is 24.8 Å². The predicted molar refractivity (Wildman–Crippen MR) is 104 cm³/mol. The molecule has 1 aromatic rings. The third kappa shape index (κ3) is 3.61. The normalized spacial score (nSPS) is 29.2. The van der Waals surface area contributed by atoms with Crippen molar-refractivity contribution in [2.45, 2.75) is 56.1 Å². The molecular weight excluding hydrogens is 343 g/mol. The molecule has 2 aliphatic heterocycles. The van der Waals surface area contributed by atoms with Gasteiger partial charge in [-0.25, -0.2) is 0 Å². The molecule has 1 spiro atoms. The predicted octanol–water partition coefficient (Wildman–Crippen LogP) is 2.92. The lowest BCUT2D eigenvalue weighted by molar-refractivity contribution is 0.00511. The lowest BCUT2D eigenvalue weighted by Gasteiger charge is -2.48. The lowest BCUT2D eigenvalue weighted by atomic mass is 9.64. The molecule has 0 bridgehead atoms. The minimum atomic E-state index is -0.144. The Morgan fingerprint density at radius 1 is 1.08 bits per heavy atom. The summed E-state index contributed by atoms with van der Waals surface area (Å²) in [6, 6.07) is 9.44. The van der Waals surface area contributed by atoms with Gasteiger partial charge < -0.3 is 10.4 Å². The van der Waals surface area contributed by atoms with E-state index in [4.69, 9.17) is 0 Å². The Morgan fingerprint density at radius 2 is 1.83 bits per heavy atom. The number of hydrogen-bond donors (Lipinski definition) is 2. The molecule has 0 saturated carbocycles. The molecule has 24 heavy (non-hydrogen) atoms. The molecular formula is C19H30Cl2N2O. The van der Waals surface area contributed by atoms with Gasteiger partial charge in [-0.15, -0.1) is 24.8 Å². The SMILES string of the molecule is Cl.Cl.OC1CCNCC1N1CCC2(CCCc3ccccc32)CC1. The van der Waals surface area contributed by atoms with Gasteiger partial charge in [-0.3, -0.25) is 4.90 Å². The second kappa shape index (κ2) is 8.37. The third-order valence-electron chi connectivity index (χ3n) is 6.33. The van der Waals surface area contributed by atoms with Gasteiger partial charge in [0.15, 0.2) is 0 Å². The molecule has 2 atom stereocenters. The van der Waals surface area contributed by atoms with Crippen LogP contribution in [0.2, 0.25) is 0 Å². The van der Waals surface area contributed by atoms with Gasteiger partial charge in [0.1, 0.15) is 0 Å². The highest BCUT2D eigenvalue weighted by atomic mass is 35.5. The molecule has 4 rings (SSSR count). The Morgan fingerprint density at radius 3 is 2.58 bits per heavy atom. The number of nitrogens with zero attached hydrogens (tertiary/aromatic N) is 1. The maximum absolute atomic E-state index is 10.3. The summed E-state index contributed by atoms with van der Waals surface area (Å²) >= 11 is 0. The van der Waals surface area contributed by atoms with E-state index in [2.05, 4.69) is 34.5 Å². The van der Waals surface area contributed by atoms with Crippen LogP contribution in [0.25, 0.3) is 0 Å². The summed E-state index contributed by atoms with van der Waals surface area (Å²) in [4.78, 5) is 2.54. The van der Waals surface area contributed by atoms with Crippen molar-refractivity contribution in [1.82, 2.24) is 10.2 Å². The average Bonchev–Trinajstić information content (AvgIpc) is 2.57. The highest BCUT2D eigenvalue weighted by Gasteiger charge is 2.41. The Labute approximate surface area is 158 Å². The van der Waals surface area contributed by atoms with E-state index in [0.717, 1.165) is 32.6 Å². The first kappa shape index (κ1) is 20.0. The highest BCUT2D eigenvalue weighted by Crippen LogP contribution is 2.45. The van der Waals surface area contributed by atoms with E-state index >= 15 is 0 Å². The smallest absolute Gasteiger partial charge is 0.0719 e. The van der Waals surface area contributed by atoms with Gasteiger partial charge in [0, 0.05) is 12.6 Å². The largest absolute Gasteiger partial charge is 0.391 e. The van der Waals surface area contributed by atoms with Crippen LogP contribution in [0.5, 0.6) is 0 Å². The molecule has 136 valence electrons. The van der Waals surface area contributed by atoms with Crippen molar-refractivity contribution < 1.29 is 5.11 Å². The van der Waals surface area contributed by atoms with Crippen LogP contribution in [-0.4, -0.2) is 48.3 Å². The summed E-state index contributed by atoms with van der Waals surface area (Å²) in [5.74, 6) is 0. The fraction of sp³-hybridized carbons (Fsp3) is 0.684. The van der Waals surface area contributed by atoms with Gasteiger partial charge in [0.2, 0.25) is 0 Å². The first-order valence-electron chi connectivity index (χ1n) is 9.00. The summed E-state index contributed by atoms with van der Waals surface area (Å²) in [6.45, 7) is 4.18. The van der Waals surface area contributed by atoms with Gasteiger partial charge >= 0.3 is 0 Å². The molecule has 3 nitrogen and oxygen atoms in total. The van der Waals surface area contributed by atoms with Crippen molar-refractivity contribution in [3.8, 4) is 0 Å². The van der Waals surface area contributed by atoms with E-state index in [9.17, 15) is 5.11 Å². The van der Waals surface area contributed by atoms with E-state index in [0.29, 0.717) is 11.5 Å². The summed E-state index contributed by atoms with van der Waals surface area (Å²) in [7, 11) is 0. The van der Waals surface area contributed by atoms with Gasteiger partial charge in [-0.2, -0.15) is 0 Å². The monoisotopic (exact) mass is 372 g/mol. The van der Waals surface area contributed by atoms with E-state index in [1.807, 2.05) is 0 Å². The van der Waals surface area contributed by atoms with E-state index in [1.165, 1.54) is 32.1 Å². The lowest BCUT2D eigenvalue weighted by Crippen LogP contribution is -2.57. The zero-order valence-corrected chi connectivity index (χ0v) is 15.9. The molecule has 1 aromatic carbocycles. The average molecular weight is 373 g/mol. The number of benzene rings is 1. The standard InChI is InChI=1S/C19H28N2O.2ClH/c22-18-7-11-20-14-17(18)21-12-9-19(10-13-21)8-3-5-15-4-1-2-6-16(15)19;;/h1-2,4,6,17-18,20,22H,3,5,7-14H2;2*1H. The minimum absolute atomic E-state index is 0. The minimum Gasteiger partial charge on any atom is -0.391 e. The van der Waals surface area contributed by atoms with E-state index in [-0.39, 0.29) is 30.9 Å². The van der Waals surface area contributed by atoms with Crippen molar-refractivity contribution in [3.63, 3.8) is 0 Å². The van der Waals surface area contributed by atoms with Gasteiger partial charge in [-0.05, 0) is 74.7 Å². The second-order valence-electron chi connectivity index (χ2n) is 7.45. The summed E-state index contributed by atoms with van der Waals surface area (Å²) in [5.41, 5.74) is 3.63. The zero-order chi connectivity index (χ0) is 15.0. The second-order valence-corrected chi connectivity index (χ2v) is 7.45. The third-order valence-corrected chi connectivity index (χ3v) is 6.33. The molecule has 0 aromatic heterocycles. The van der Waals surface area contributed by atoms with Crippen molar-refractivity contribution in [3.05, 3.63) is 35.4 Å². The fourth-order valence-electron chi connectivity index (χ4n) is 5.01. The summed E-state index contributed by atoms with van der Waals surface area (Å²) in [6.07, 6.45) is 7.21. The van der Waals surface area contributed by atoms with Crippen molar-refractivity contribution in [2.24, 2.45) is 0 Å². The van der Waals surface area contributed by atoms with Gasteiger partial charge in [0.05, 0.1) is 6.10 Å². The van der Waals surface area contributed by atoms with E-state index < -0.39 is 0 Å². The van der Waals surface area contributed by atoms with Crippen LogP contribution in [0.3, 0.4) is 0 Å². The van der Waals surface area contributed by atoms with E-state index in [1.54, 1.807) is 11.1 Å². The molecule has 2 N–H and O–H groups in total. The number of halogens is 2. The number of aliphatic hydroxyl groups excluding tert-OH is 1. The first-order chi connectivity index (χ1) is 10.8. The summed E-state index contributed by atoms with van der Waals surface area (Å²) < 4.78 is 0. The van der Waals surface area contributed by atoms with Crippen LogP contribution in [0, 0.1) is 0 Å². The molecule has 1 aliphatic carbocycles. The molecule has 3 aliphatic rings. The summed E-state index contributed by atoms with van der Waals surface area (Å²) in [5, 5.41) is 13.7. The molecule has 0 amide bonds. The highest BCUT2D eigenvalue weighted by molar-refractivity contribution is 5.85. The topological polar surface area (TPSA) is 35.5 Å². The number of aryl methyl sites for hydroxylation is 1. The Kier molecular flexibility index (Phi) is 6.98. The van der Waals surface area contributed by atoms with Crippen LogP contribution in [0.1, 0.15) is 43.2 Å². The maximum Gasteiger partial charge on any atom is 0.0719 e. The Balaban J connectivity index is 0.00000104. The van der Waals surface area contributed by atoms with Crippen LogP contribution >= 0.6 is 24.8 Å². The molecule has 2 saturated heterocycles. The van der Waals surface area contributed by atoms with Gasteiger partial charge in [-0.1, -0.05) is 24.3 Å². The number of nitrogens with one attached hydrogen (secondary N) is 1. The molecule has 2 heterocycles. The van der Waals surface area contributed by atoms with Crippen LogP contribution in [-0.2, 0) is 11.8 Å².